The highest BCUT2D eigenvalue weighted by Crippen LogP contribution is 2.45. The first-order chi connectivity index (χ1) is 22.6. The molecule has 0 aliphatic carbocycles. The molecule has 9 rings (SSSR count). The molecule has 0 spiro atoms. The maximum absolute atomic E-state index is 8.79. The molecule has 0 amide bonds. The maximum Gasteiger partial charge on any atom is 0.143 e. The molecule has 1 heterocycles. The Morgan fingerprint density at radius 1 is 0.442 bits per heavy atom. The summed E-state index contributed by atoms with van der Waals surface area (Å²) in [5, 5.41) is 8.55. The monoisotopic (exact) mass is 549 g/mol. The third kappa shape index (κ3) is 3.65. The lowest BCUT2D eigenvalue weighted by Gasteiger charge is -2.18. The van der Waals surface area contributed by atoms with Crippen LogP contribution in [0.3, 0.4) is 0 Å². The van der Waals surface area contributed by atoms with Gasteiger partial charge in [-0.1, -0.05) is 139 Å². The topological polar surface area (TPSA) is 13.1 Å². The fraction of sp³-hybridized carbons (Fsp3) is 0. The highest BCUT2D eigenvalue weighted by molar-refractivity contribution is 6.22. The van der Waals surface area contributed by atoms with Crippen molar-refractivity contribution in [3.05, 3.63) is 158 Å². The van der Waals surface area contributed by atoms with Crippen molar-refractivity contribution < 1.29 is 8.53 Å². The fourth-order valence-electron chi connectivity index (χ4n) is 6.80. The van der Waals surface area contributed by atoms with Crippen molar-refractivity contribution in [3.63, 3.8) is 0 Å². The molecule has 9 aromatic rings. The minimum Gasteiger partial charge on any atom is -0.455 e. The Balaban J connectivity index is 1.32. The highest BCUT2D eigenvalue weighted by Gasteiger charge is 2.18. The lowest BCUT2D eigenvalue weighted by molar-refractivity contribution is 0.673. The molecule has 0 saturated heterocycles. The van der Waals surface area contributed by atoms with Crippen LogP contribution in [0.5, 0.6) is 0 Å². The van der Waals surface area contributed by atoms with Gasteiger partial charge in [-0.25, -0.2) is 0 Å². The highest BCUT2D eigenvalue weighted by atomic mass is 16.3. The molecule has 0 atom stereocenters. The van der Waals surface area contributed by atoms with Gasteiger partial charge in [0.1, 0.15) is 11.2 Å². The molecule has 8 aromatic carbocycles. The molecule has 43 heavy (non-hydrogen) atoms. The molecule has 200 valence electrons. The normalized spacial score (nSPS) is 12.7. The Morgan fingerprint density at radius 3 is 1.77 bits per heavy atom. The van der Waals surface area contributed by atoms with Gasteiger partial charge in [0, 0.05) is 16.2 Å². The first kappa shape index (κ1) is 21.1. The van der Waals surface area contributed by atoms with Crippen LogP contribution in [0.25, 0.3) is 87.6 Å². The van der Waals surface area contributed by atoms with Gasteiger partial charge in [-0.2, -0.15) is 0 Å². The minimum absolute atomic E-state index is 0.175. The van der Waals surface area contributed by atoms with E-state index >= 15 is 0 Å². The van der Waals surface area contributed by atoms with E-state index in [1.165, 1.54) is 12.1 Å². The van der Waals surface area contributed by atoms with Gasteiger partial charge in [0.2, 0.25) is 0 Å². The molecule has 1 heteroatoms. The first-order valence-corrected chi connectivity index (χ1v) is 14.5. The summed E-state index contributed by atoms with van der Waals surface area (Å²) in [6.07, 6.45) is 0. The van der Waals surface area contributed by atoms with E-state index in [2.05, 4.69) is 97.1 Å². The van der Waals surface area contributed by atoms with Gasteiger partial charge in [0.15, 0.2) is 0 Å². The van der Waals surface area contributed by atoms with E-state index < -0.39 is 0 Å². The second-order valence-corrected chi connectivity index (χ2v) is 11.0. The second-order valence-electron chi connectivity index (χ2n) is 11.0. The number of hydrogen-bond acceptors (Lipinski definition) is 1. The van der Waals surface area contributed by atoms with E-state index in [-0.39, 0.29) is 18.1 Å². The van der Waals surface area contributed by atoms with Crippen LogP contribution in [0.1, 0.15) is 4.11 Å². The molecule has 0 N–H and O–H groups in total. The molecular weight excluding hydrogens is 520 g/mol. The number of furan rings is 1. The van der Waals surface area contributed by atoms with Crippen LogP contribution in [-0.2, 0) is 0 Å². The third-order valence-corrected chi connectivity index (χ3v) is 8.63. The molecule has 0 bridgehead atoms. The van der Waals surface area contributed by atoms with Crippen molar-refractivity contribution in [2.45, 2.75) is 0 Å². The molecule has 0 unspecified atom stereocenters. The molecule has 1 aromatic heterocycles. The third-order valence-electron chi connectivity index (χ3n) is 8.63. The molecule has 0 fully saturated rings. The quantitative estimate of drug-likeness (QED) is 0.200. The van der Waals surface area contributed by atoms with Crippen molar-refractivity contribution in [3.8, 4) is 33.4 Å². The predicted octanol–water partition coefficient (Wildman–Crippen LogP) is 12.0. The summed E-state index contributed by atoms with van der Waals surface area (Å²) < 4.78 is 32.1. The standard InChI is InChI=1S/C42H26O/c1-2-13-28(14-3-1)39-33-18-6-8-20-35(33)40(36-21-9-7-19-34(36)39)30-16-10-15-29(26-30)31-22-11-23-38-41(31)37-25-24-27-12-4-5-17-32(27)42(37)43-38/h1-26H/i1D,13D,14D. The summed E-state index contributed by atoms with van der Waals surface area (Å²) >= 11 is 0. The fourth-order valence-corrected chi connectivity index (χ4v) is 6.80. The molecule has 0 aliphatic heterocycles. The zero-order valence-electron chi connectivity index (χ0n) is 26.2. The summed E-state index contributed by atoms with van der Waals surface area (Å²) in [5.41, 5.74) is 7.61. The largest absolute Gasteiger partial charge is 0.455 e. The Morgan fingerprint density at radius 2 is 1.05 bits per heavy atom. The van der Waals surface area contributed by atoms with Crippen LogP contribution in [0.2, 0.25) is 0 Å². The second kappa shape index (κ2) is 9.44. The Labute approximate surface area is 253 Å². The van der Waals surface area contributed by atoms with Crippen LogP contribution in [-0.4, -0.2) is 0 Å². The summed E-state index contributed by atoms with van der Waals surface area (Å²) in [6, 6.07) is 47.9. The van der Waals surface area contributed by atoms with Crippen LogP contribution in [0.4, 0.5) is 0 Å². The SMILES string of the molecule is [2H]c1cc([2H])c(-c2c3ccccc3c(-c3cccc(-c4cccc5oc6c7ccccc7ccc6c45)c3)c3ccccc23)c([2H])c1. The summed E-state index contributed by atoms with van der Waals surface area (Å²) in [4.78, 5) is 0. The summed E-state index contributed by atoms with van der Waals surface area (Å²) in [5.74, 6) is 0. The van der Waals surface area contributed by atoms with Crippen molar-refractivity contribution in [1.82, 2.24) is 0 Å². The van der Waals surface area contributed by atoms with E-state index in [1.807, 2.05) is 30.3 Å². The number of fused-ring (bicyclic) bond motifs is 7. The van der Waals surface area contributed by atoms with E-state index in [9.17, 15) is 0 Å². The predicted molar refractivity (Wildman–Crippen MR) is 183 cm³/mol. The van der Waals surface area contributed by atoms with Gasteiger partial charge in [-0.3, -0.25) is 0 Å². The minimum atomic E-state index is 0.175. The van der Waals surface area contributed by atoms with Gasteiger partial charge >= 0.3 is 0 Å². The van der Waals surface area contributed by atoms with E-state index in [1.54, 1.807) is 0 Å². The van der Waals surface area contributed by atoms with Crippen molar-refractivity contribution in [1.29, 1.82) is 0 Å². The van der Waals surface area contributed by atoms with Crippen molar-refractivity contribution in [2.75, 3.05) is 0 Å². The van der Waals surface area contributed by atoms with Gasteiger partial charge in [0.05, 0.1) is 4.11 Å². The van der Waals surface area contributed by atoms with E-state index in [0.29, 0.717) is 5.56 Å². The van der Waals surface area contributed by atoms with Gasteiger partial charge < -0.3 is 4.42 Å². The van der Waals surface area contributed by atoms with Gasteiger partial charge in [-0.05, 0) is 78.5 Å². The Bertz CT molecular complexity index is 2600. The zero-order chi connectivity index (χ0) is 30.9. The lowest BCUT2D eigenvalue weighted by atomic mass is 9.85. The van der Waals surface area contributed by atoms with Crippen LogP contribution in [0.15, 0.2) is 162 Å². The van der Waals surface area contributed by atoms with E-state index in [0.717, 1.165) is 82.1 Å². The molecular formula is C42H26O. The maximum atomic E-state index is 8.79. The van der Waals surface area contributed by atoms with Crippen LogP contribution < -0.4 is 0 Å². The van der Waals surface area contributed by atoms with Crippen molar-refractivity contribution in [2.24, 2.45) is 0 Å². The Kier molecular flexibility index (Phi) is 4.63. The van der Waals surface area contributed by atoms with Crippen LogP contribution >= 0.6 is 0 Å². The smallest absolute Gasteiger partial charge is 0.143 e. The summed E-state index contributed by atoms with van der Waals surface area (Å²) in [7, 11) is 0. The first-order valence-electron chi connectivity index (χ1n) is 16.0. The number of benzene rings is 8. The van der Waals surface area contributed by atoms with Crippen molar-refractivity contribution >= 4 is 54.3 Å². The van der Waals surface area contributed by atoms with Gasteiger partial charge in [-0.15, -0.1) is 0 Å². The number of rotatable bonds is 3. The van der Waals surface area contributed by atoms with Gasteiger partial charge in [0.25, 0.3) is 0 Å². The molecule has 1 nitrogen and oxygen atoms in total. The molecule has 0 radical (unpaired) electrons. The Hall–Kier alpha value is -5.66. The van der Waals surface area contributed by atoms with E-state index in [4.69, 9.17) is 8.53 Å². The van der Waals surface area contributed by atoms with Crippen LogP contribution in [0, 0.1) is 0 Å². The zero-order valence-corrected chi connectivity index (χ0v) is 23.2. The lowest BCUT2D eigenvalue weighted by Crippen LogP contribution is -1.91. The number of hydrogen-bond donors (Lipinski definition) is 0. The summed E-state index contributed by atoms with van der Waals surface area (Å²) in [6.45, 7) is 0. The average molecular weight is 550 g/mol. The average Bonchev–Trinajstić information content (AvgIpc) is 3.47. The molecule has 0 aliphatic rings. The molecule has 0 saturated carbocycles.